The quantitative estimate of drug-likeness (QED) is 0.335. The Balaban J connectivity index is 1.65. The van der Waals surface area contributed by atoms with Crippen LogP contribution in [0.3, 0.4) is 0 Å². The maximum Gasteiger partial charge on any atom is 0.435 e. The smallest absolute Gasteiger partial charge is 0.319 e. The minimum absolute atomic E-state index is 0.278. The number of anilines is 1. The molecule has 2 heterocycles. The van der Waals surface area contributed by atoms with E-state index in [4.69, 9.17) is 23.2 Å². The second-order valence-corrected chi connectivity index (χ2v) is 8.16. The third kappa shape index (κ3) is 4.46. The van der Waals surface area contributed by atoms with Crippen molar-refractivity contribution in [1.29, 1.82) is 0 Å². The van der Waals surface area contributed by atoms with Crippen LogP contribution in [0.15, 0.2) is 66.0 Å². The van der Waals surface area contributed by atoms with Gasteiger partial charge < -0.3 is 5.32 Å². The van der Waals surface area contributed by atoms with Gasteiger partial charge in [-0.05, 0) is 53.9 Å². The molecule has 0 bridgehead atoms. The maximum atomic E-state index is 13.2. The minimum Gasteiger partial charge on any atom is -0.319 e. The van der Waals surface area contributed by atoms with Crippen molar-refractivity contribution in [3.63, 3.8) is 0 Å². The molecule has 0 saturated carbocycles. The van der Waals surface area contributed by atoms with Gasteiger partial charge in [0, 0.05) is 5.56 Å². The van der Waals surface area contributed by atoms with Crippen LogP contribution in [0, 0.1) is 0 Å². The third-order valence-electron chi connectivity index (χ3n) is 4.35. The van der Waals surface area contributed by atoms with E-state index in [-0.39, 0.29) is 21.3 Å². The predicted octanol–water partition coefficient (Wildman–Crippen LogP) is 7.18. The second kappa shape index (κ2) is 8.37. The number of para-hydroxylation sites is 1. The number of rotatable bonds is 4. The summed E-state index contributed by atoms with van der Waals surface area (Å²) in [5, 5.41) is 8.72. The lowest BCUT2D eigenvalue weighted by atomic mass is 10.2. The van der Waals surface area contributed by atoms with E-state index in [0.717, 1.165) is 6.07 Å². The van der Waals surface area contributed by atoms with Gasteiger partial charge in [0.05, 0.1) is 32.0 Å². The summed E-state index contributed by atoms with van der Waals surface area (Å²) in [7, 11) is 0. The molecule has 1 amide bonds. The molecule has 0 spiro atoms. The average molecular weight is 482 g/mol. The SMILES string of the molecule is O=C(Nc1c(Cl)cccc1Cl)c1ccc(-n2nc(C(F)(F)F)cc2-c2cccs2)cc1. The highest BCUT2D eigenvalue weighted by molar-refractivity contribution is 7.13. The van der Waals surface area contributed by atoms with Gasteiger partial charge >= 0.3 is 6.18 Å². The highest BCUT2D eigenvalue weighted by atomic mass is 35.5. The number of benzene rings is 2. The first-order valence-corrected chi connectivity index (χ1v) is 10.4. The highest BCUT2D eigenvalue weighted by Crippen LogP contribution is 2.35. The maximum absolute atomic E-state index is 13.2. The van der Waals surface area contributed by atoms with E-state index < -0.39 is 17.8 Å². The molecule has 31 heavy (non-hydrogen) atoms. The number of amides is 1. The summed E-state index contributed by atoms with van der Waals surface area (Å²) in [4.78, 5) is 13.2. The molecule has 2 aromatic heterocycles. The number of hydrogen-bond donors (Lipinski definition) is 1. The fourth-order valence-corrected chi connectivity index (χ4v) is 4.09. The summed E-state index contributed by atoms with van der Waals surface area (Å²) in [6.07, 6.45) is -4.58. The lowest BCUT2D eigenvalue weighted by Crippen LogP contribution is -2.13. The molecule has 2 aromatic carbocycles. The molecule has 4 aromatic rings. The second-order valence-electron chi connectivity index (χ2n) is 6.40. The lowest BCUT2D eigenvalue weighted by molar-refractivity contribution is -0.141. The summed E-state index contributed by atoms with van der Waals surface area (Å²) in [5.74, 6) is -0.462. The van der Waals surface area contributed by atoms with E-state index in [1.807, 2.05) is 0 Å². The normalized spacial score (nSPS) is 11.5. The molecule has 0 aliphatic heterocycles. The number of halogens is 5. The summed E-state index contributed by atoms with van der Waals surface area (Å²) in [5.41, 5.74) is 0.252. The van der Waals surface area contributed by atoms with Crippen molar-refractivity contribution in [2.24, 2.45) is 0 Å². The van der Waals surface area contributed by atoms with Gasteiger partial charge in [-0.2, -0.15) is 18.3 Å². The van der Waals surface area contributed by atoms with E-state index in [1.54, 1.807) is 35.7 Å². The van der Waals surface area contributed by atoms with Crippen LogP contribution in [0.5, 0.6) is 0 Å². The van der Waals surface area contributed by atoms with E-state index in [0.29, 0.717) is 16.3 Å². The molecule has 0 radical (unpaired) electrons. The van der Waals surface area contributed by atoms with Crippen molar-refractivity contribution >= 4 is 46.1 Å². The molecule has 10 heteroatoms. The van der Waals surface area contributed by atoms with Crippen LogP contribution in [0.2, 0.25) is 10.0 Å². The summed E-state index contributed by atoms with van der Waals surface area (Å²) in [6.45, 7) is 0. The standard InChI is InChI=1S/C21H12Cl2F3N3OS/c22-14-3-1-4-15(23)19(14)27-20(30)12-6-8-13(9-7-12)29-16(17-5-2-10-31-17)11-18(28-29)21(24,25)26/h1-11H,(H,27,30). The monoisotopic (exact) mass is 481 g/mol. The Morgan fingerprint density at radius 2 is 1.68 bits per heavy atom. The first-order valence-electron chi connectivity index (χ1n) is 8.81. The Morgan fingerprint density at radius 3 is 2.26 bits per heavy atom. The van der Waals surface area contributed by atoms with Crippen LogP contribution in [-0.2, 0) is 6.18 Å². The Labute approximate surface area is 188 Å². The summed E-state index contributed by atoms with van der Waals surface area (Å²) >= 11 is 13.4. The molecule has 0 unspecified atom stereocenters. The number of carbonyl (C=O) groups excluding carboxylic acids is 1. The zero-order valence-electron chi connectivity index (χ0n) is 15.5. The molecule has 0 aliphatic rings. The van der Waals surface area contributed by atoms with Gasteiger partial charge in [0.25, 0.3) is 5.91 Å². The first-order chi connectivity index (χ1) is 14.7. The van der Waals surface area contributed by atoms with Gasteiger partial charge in [0.1, 0.15) is 0 Å². The van der Waals surface area contributed by atoms with Crippen LogP contribution < -0.4 is 5.32 Å². The minimum atomic E-state index is -4.58. The number of carbonyl (C=O) groups is 1. The van der Waals surface area contributed by atoms with Crippen LogP contribution in [-0.4, -0.2) is 15.7 Å². The van der Waals surface area contributed by atoms with Gasteiger partial charge in [-0.1, -0.05) is 35.3 Å². The van der Waals surface area contributed by atoms with E-state index in [2.05, 4.69) is 10.4 Å². The lowest BCUT2D eigenvalue weighted by Gasteiger charge is -2.10. The number of aromatic nitrogens is 2. The van der Waals surface area contributed by atoms with E-state index in [1.165, 1.54) is 40.3 Å². The Bertz CT molecular complexity index is 1220. The average Bonchev–Trinajstić information content (AvgIpc) is 3.40. The van der Waals surface area contributed by atoms with Gasteiger partial charge in [-0.25, -0.2) is 4.68 Å². The number of nitrogens with one attached hydrogen (secondary N) is 1. The molecule has 0 fully saturated rings. The molecule has 0 saturated heterocycles. The Kier molecular flexibility index (Phi) is 5.79. The third-order valence-corrected chi connectivity index (χ3v) is 5.87. The summed E-state index contributed by atoms with van der Waals surface area (Å²) < 4.78 is 40.9. The van der Waals surface area contributed by atoms with Crippen LogP contribution in [0.1, 0.15) is 16.1 Å². The Morgan fingerprint density at radius 1 is 1.00 bits per heavy atom. The first kappa shape index (κ1) is 21.4. The fraction of sp³-hybridized carbons (Fsp3) is 0.0476. The molecule has 4 rings (SSSR count). The fourth-order valence-electron chi connectivity index (χ4n) is 2.87. The van der Waals surface area contributed by atoms with Gasteiger partial charge in [-0.3, -0.25) is 4.79 Å². The van der Waals surface area contributed by atoms with Crippen LogP contribution >= 0.6 is 34.5 Å². The van der Waals surface area contributed by atoms with Crippen molar-refractivity contribution in [2.75, 3.05) is 5.32 Å². The van der Waals surface area contributed by atoms with Gasteiger partial charge in [0.2, 0.25) is 0 Å². The number of hydrogen-bond acceptors (Lipinski definition) is 3. The topological polar surface area (TPSA) is 46.9 Å². The molecule has 0 aliphatic carbocycles. The van der Waals surface area contributed by atoms with Crippen molar-refractivity contribution in [2.45, 2.75) is 6.18 Å². The van der Waals surface area contributed by atoms with Crippen molar-refractivity contribution < 1.29 is 18.0 Å². The van der Waals surface area contributed by atoms with Crippen LogP contribution in [0.25, 0.3) is 16.3 Å². The van der Waals surface area contributed by atoms with Crippen LogP contribution in [0.4, 0.5) is 18.9 Å². The molecule has 4 nitrogen and oxygen atoms in total. The molecule has 0 atom stereocenters. The molecular weight excluding hydrogens is 470 g/mol. The molecule has 1 N–H and O–H groups in total. The molecular formula is C21H12Cl2F3N3OS. The van der Waals surface area contributed by atoms with E-state index >= 15 is 0 Å². The number of nitrogens with zero attached hydrogens (tertiary/aromatic N) is 2. The zero-order chi connectivity index (χ0) is 22.2. The van der Waals surface area contributed by atoms with Gasteiger partial charge in [0.15, 0.2) is 5.69 Å². The summed E-state index contributed by atoms with van der Waals surface area (Å²) in [6, 6.07) is 15.3. The zero-order valence-corrected chi connectivity index (χ0v) is 17.8. The Hall–Kier alpha value is -2.81. The van der Waals surface area contributed by atoms with Crippen molar-refractivity contribution in [3.8, 4) is 16.3 Å². The number of alkyl halides is 3. The largest absolute Gasteiger partial charge is 0.435 e. The van der Waals surface area contributed by atoms with Crippen molar-refractivity contribution in [3.05, 3.63) is 87.3 Å². The van der Waals surface area contributed by atoms with Crippen molar-refractivity contribution in [1.82, 2.24) is 9.78 Å². The molecule has 158 valence electrons. The number of thiophene rings is 1. The van der Waals surface area contributed by atoms with Gasteiger partial charge in [-0.15, -0.1) is 11.3 Å². The predicted molar refractivity (Wildman–Crippen MR) is 116 cm³/mol. The highest BCUT2D eigenvalue weighted by Gasteiger charge is 2.35. The van der Waals surface area contributed by atoms with E-state index in [9.17, 15) is 18.0 Å².